The third-order valence-electron chi connectivity index (χ3n) is 2.35. The van der Waals surface area contributed by atoms with Crippen LogP contribution in [-0.2, 0) is 10.2 Å². The number of benzene rings is 1. The lowest BCUT2D eigenvalue weighted by atomic mass is 9.86. The molecule has 0 aliphatic carbocycles. The van der Waals surface area contributed by atoms with E-state index in [-0.39, 0.29) is 17.8 Å². The molecule has 2 nitrogen and oxygen atoms in total. The average Bonchev–Trinajstić information content (AvgIpc) is 2.17. The molecule has 0 unspecified atom stereocenters. The summed E-state index contributed by atoms with van der Waals surface area (Å²) in [4.78, 5) is 11.5. The zero-order valence-corrected chi connectivity index (χ0v) is 9.83. The van der Waals surface area contributed by atoms with Crippen LogP contribution in [0.25, 0.3) is 0 Å². The first-order valence-corrected chi connectivity index (χ1v) is 5.08. The van der Waals surface area contributed by atoms with Crippen molar-refractivity contribution in [2.45, 2.75) is 26.2 Å². The highest BCUT2D eigenvalue weighted by atomic mass is 16.5. The zero-order valence-electron chi connectivity index (χ0n) is 9.83. The third-order valence-corrected chi connectivity index (χ3v) is 2.35. The predicted molar refractivity (Wildman–Crippen MR) is 61.3 cm³/mol. The van der Waals surface area contributed by atoms with Gasteiger partial charge in [-0.25, -0.2) is 0 Å². The Labute approximate surface area is 91.3 Å². The van der Waals surface area contributed by atoms with Gasteiger partial charge in [-0.3, -0.25) is 4.79 Å². The lowest BCUT2D eigenvalue weighted by Gasteiger charge is -2.18. The van der Waals surface area contributed by atoms with Crippen LogP contribution < -0.4 is 0 Å². The quantitative estimate of drug-likeness (QED) is 0.711. The topological polar surface area (TPSA) is 26.3 Å². The van der Waals surface area contributed by atoms with Crippen LogP contribution in [-0.4, -0.2) is 19.5 Å². The van der Waals surface area contributed by atoms with E-state index in [0.717, 1.165) is 0 Å². The molecule has 1 aromatic carbocycles. The van der Waals surface area contributed by atoms with Crippen molar-refractivity contribution in [1.29, 1.82) is 0 Å². The van der Waals surface area contributed by atoms with E-state index in [4.69, 9.17) is 4.74 Å². The maximum atomic E-state index is 11.5. The second-order valence-corrected chi connectivity index (χ2v) is 4.68. The Morgan fingerprint density at radius 2 is 1.73 bits per heavy atom. The molecule has 0 radical (unpaired) electrons. The standard InChI is InChI=1S/C13H18O2/c1-13(2,3)11-7-5-10(6-8-11)12(14)9-15-4/h5-8H,9H2,1-4H3. The highest BCUT2D eigenvalue weighted by molar-refractivity contribution is 5.97. The monoisotopic (exact) mass is 206 g/mol. The van der Waals surface area contributed by atoms with Gasteiger partial charge in [-0.05, 0) is 11.0 Å². The van der Waals surface area contributed by atoms with E-state index in [1.165, 1.54) is 12.7 Å². The van der Waals surface area contributed by atoms with E-state index < -0.39 is 0 Å². The molecule has 0 amide bonds. The minimum atomic E-state index is 0.0259. The highest BCUT2D eigenvalue weighted by Crippen LogP contribution is 2.22. The van der Waals surface area contributed by atoms with Gasteiger partial charge in [0.1, 0.15) is 6.61 Å². The van der Waals surface area contributed by atoms with Gasteiger partial charge in [0.25, 0.3) is 0 Å². The summed E-state index contributed by atoms with van der Waals surface area (Å²) in [6, 6.07) is 7.73. The Morgan fingerprint density at radius 1 is 1.20 bits per heavy atom. The van der Waals surface area contributed by atoms with Crippen molar-refractivity contribution in [3.63, 3.8) is 0 Å². The molecule has 82 valence electrons. The molecule has 1 aromatic rings. The molecule has 0 bridgehead atoms. The van der Waals surface area contributed by atoms with Crippen LogP contribution in [0.4, 0.5) is 0 Å². The maximum Gasteiger partial charge on any atom is 0.188 e. The average molecular weight is 206 g/mol. The van der Waals surface area contributed by atoms with Crippen molar-refractivity contribution in [3.05, 3.63) is 35.4 Å². The van der Waals surface area contributed by atoms with E-state index in [0.29, 0.717) is 5.56 Å². The fourth-order valence-electron chi connectivity index (χ4n) is 1.37. The molecule has 0 aromatic heterocycles. The lowest BCUT2D eigenvalue weighted by molar-refractivity contribution is 0.0848. The largest absolute Gasteiger partial charge is 0.377 e. The van der Waals surface area contributed by atoms with E-state index in [1.807, 2.05) is 24.3 Å². The number of hydrogen-bond donors (Lipinski definition) is 0. The van der Waals surface area contributed by atoms with E-state index in [2.05, 4.69) is 20.8 Å². The zero-order chi connectivity index (χ0) is 11.5. The number of hydrogen-bond acceptors (Lipinski definition) is 2. The van der Waals surface area contributed by atoms with Gasteiger partial charge < -0.3 is 4.74 Å². The SMILES string of the molecule is COCC(=O)c1ccc(C(C)(C)C)cc1. The summed E-state index contributed by atoms with van der Waals surface area (Å²) in [5.41, 5.74) is 2.07. The molecule has 0 N–H and O–H groups in total. The van der Waals surface area contributed by atoms with Gasteiger partial charge in [-0.2, -0.15) is 0 Å². The number of carbonyl (C=O) groups excluding carboxylic acids is 1. The molecule has 0 saturated heterocycles. The van der Waals surface area contributed by atoms with Crippen LogP contribution in [0.1, 0.15) is 36.7 Å². The molecule has 0 aliphatic heterocycles. The highest BCUT2D eigenvalue weighted by Gasteiger charge is 2.13. The summed E-state index contributed by atoms with van der Waals surface area (Å²) in [7, 11) is 1.53. The minimum Gasteiger partial charge on any atom is -0.377 e. The Hall–Kier alpha value is -1.15. The smallest absolute Gasteiger partial charge is 0.188 e. The first-order chi connectivity index (χ1) is 6.95. The lowest BCUT2D eigenvalue weighted by Crippen LogP contribution is -2.12. The van der Waals surface area contributed by atoms with E-state index in [9.17, 15) is 4.79 Å². The molecule has 0 saturated carbocycles. The number of Topliss-reactive ketones (excluding diaryl/α,β-unsaturated/α-hetero) is 1. The molecular formula is C13H18O2. The van der Waals surface area contributed by atoms with Crippen LogP contribution in [0.3, 0.4) is 0 Å². The van der Waals surface area contributed by atoms with Gasteiger partial charge in [0, 0.05) is 12.7 Å². The molecular weight excluding hydrogens is 188 g/mol. The van der Waals surface area contributed by atoms with Crippen molar-refractivity contribution in [1.82, 2.24) is 0 Å². The second kappa shape index (κ2) is 4.58. The fraction of sp³-hybridized carbons (Fsp3) is 0.462. The van der Waals surface area contributed by atoms with Crippen molar-refractivity contribution in [2.75, 3.05) is 13.7 Å². The van der Waals surface area contributed by atoms with Gasteiger partial charge in [-0.15, -0.1) is 0 Å². The molecule has 15 heavy (non-hydrogen) atoms. The van der Waals surface area contributed by atoms with Crippen molar-refractivity contribution in [3.8, 4) is 0 Å². The molecule has 0 fully saturated rings. The van der Waals surface area contributed by atoms with Gasteiger partial charge >= 0.3 is 0 Å². The number of carbonyl (C=O) groups is 1. The molecule has 0 spiro atoms. The molecule has 0 atom stereocenters. The molecule has 2 heteroatoms. The Balaban J connectivity index is 2.86. The first-order valence-electron chi connectivity index (χ1n) is 5.08. The summed E-state index contributed by atoms with van der Waals surface area (Å²) in [5, 5.41) is 0. The molecule has 1 rings (SSSR count). The van der Waals surface area contributed by atoms with Gasteiger partial charge in [0.15, 0.2) is 5.78 Å². The van der Waals surface area contributed by atoms with Crippen LogP contribution in [0.15, 0.2) is 24.3 Å². The summed E-state index contributed by atoms with van der Waals surface area (Å²) < 4.78 is 4.81. The Kier molecular flexibility index (Phi) is 3.64. The van der Waals surface area contributed by atoms with Gasteiger partial charge in [-0.1, -0.05) is 45.0 Å². The number of rotatable bonds is 3. The van der Waals surface area contributed by atoms with E-state index in [1.54, 1.807) is 0 Å². The van der Waals surface area contributed by atoms with Crippen molar-refractivity contribution < 1.29 is 9.53 Å². The summed E-state index contributed by atoms with van der Waals surface area (Å²) in [6.45, 7) is 6.60. The number of ketones is 1. The van der Waals surface area contributed by atoms with Gasteiger partial charge in [0.2, 0.25) is 0 Å². The number of methoxy groups -OCH3 is 1. The van der Waals surface area contributed by atoms with Crippen LogP contribution in [0.2, 0.25) is 0 Å². The predicted octanol–water partition coefficient (Wildman–Crippen LogP) is 2.81. The summed E-state index contributed by atoms with van der Waals surface area (Å²) >= 11 is 0. The second-order valence-electron chi connectivity index (χ2n) is 4.68. The maximum absolute atomic E-state index is 11.5. The Bertz CT molecular complexity index is 331. The first kappa shape index (κ1) is 11.9. The third kappa shape index (κ3) is 3.17. The summed E-state index contributed by atoms with van der Waals surface area (Å²) in [6.07, 6.45) is 0. The van der Waals surface area contributed by atoms with Crippen molar-refractivity contribution in [2.24, 2.45) is 0 Å². The summed E-state index contributed by atoms with van der Waals surface area (Å²) in [5.74, 6) is 0.0259. The van der Waals surface area contributed by atoms with Crippen LogP contribution in [0.5, 0.6) is 0 Å². The van der Waals surface area contributed by atoms with Crippen LogP contribution in [0, 0.1) is 0 Å². The van der Waals surface area contributed by atoms with Crippen molar-refractivity contribution >= 4 is 5.78 Å². The number of ether oxygens (including phenoxy) is 1. The van der Waals surface area contributed by atoms with E-state index >= 15 is 0 Å². The van der Waals surface area contributed by atoms with Crippen LogP contribution >= 0.6 is 0 Å². The normalized spacial score (nSPS) is 11.5. The fourth-order valence-corrected chi connectivity index (χ4v) is 1.37. The van der Waals surface area contributed by atoms with Gasteiger partial charge in [0.05, 0.1) is 0 Å². The molecule has 0 heterocycles. The molecule has 0 aliphatic rings. The minimum absolute atomic E-state index is 0.0259. The Morgan fingerprint density at radius 3 is 2.13 bits per heavy atom.